The zero-order valence-corrected chi connectivity index (χ0v) is 19.1. The van der Waals surface area contributed by atoms with Gasteiger partial charge in [0, 0.05) is 29.9 Å². The average Bonchev–Trinajstić information content (AvgIpc) is 2.80. The lowest BCUT2D eigenvalue weighted by Crippen LogP contribution is -2.34. The number of nitro groups is 1. The molecule has 33 heavy (non-hydrogen) atoms. The van der Waals surface area contributed by atoms with Gasteiger partial charge in [-0.15, -0.1) is 0 Å². The molecule has 0 saturated heterocycles. The van der Waals surface area contributed by atoms with E-state index in [1.165, 1.54) is 46.8 Å². The minimum Gasteiger partial charge on any atom is -0.332 e. The third-order valence-corrected chi connectivity index (χ3v) is 6.70. The van der Waals surface area contributed by atoms with Crippen molar-refractivity contribution in [3.63, 3.8) is 0 Å². The number of nitrogens with one attached hydrogen (secondary N) is 2. The van der Waals surface area contributed by atoms with Crippen molar-refractivity contribution >= 4 is 50.3 Å². The van der Waals surface area contributed by atoms with E-state index in [1.54, 1.807) is 31.2 Å². The van der Waals surface area contributed by atoms with E-state index < -0.39 is 20.9 Å². The van der Waals surface area contributed by atoms with Gasteiger partial charge in [-0.2, -0.15) is 0 Å². The average molecular weight is 485 g/mol. The van der Waals surface area contributed by atoms with E-state index in [1.807, 2.05) is 6.07 Å². The second-order valence-corrected chi connectivity index (χ2v) is 9.02. The number of sulfonamides is 1. The molecule has 0 aliphatic carbocycles. The van der Waals surface area contributed by atoms with E-state index >= 15 is 0 Å². The lowest BCUT2D eigenvalue weighted by Gasteiger charge is -2.23. The van der Waals surface area contributed by atoms with Crippen molar-refractivity contribution < 1.29 is 18.1 Å². The fourth-order valence-corrected chi connectivity index (χ4v) is 4.71. The fraction of sp³-hybridized carbons (Fsp3) is 0.0909. The third-order valence-electron chi connectivity index (χ3n) is 4.58. The molecule has 0 bridgehead atoms. The standard InChI is InChI=1S/C22H20N4O5S2/c1-2-25(18-8-4-3-5-9-18)33(30,31)20-13-11-17(12-14-20)23-22(32)24-21(27)16-7-6-10-19(15-16)26(28)29/h3-15H,2H2,1H3,(H2,23,24,27,32). The Morgan fingerprint density at radius 3 is 2.30 bits per heavy atom. The summed E-state index contributed by atoms with van der Waals surface area (Å²) >= 11 is 5.12. The molecule has 0 saturated carbocycles. The molecule has 0 aliphatic rings. The number of nitrogens with zero attached hydrogens (tertiary/aromatic N) is 2. The Hall–Kier alpha value is -3.83. The van der Waals surface area contributed by atoms with Crippen LogP contribution in [-0.4, -0.2) is 30.9 Å². The maximum absolute atomic E-state index is 13.0. The Bertz CT molecular complexity index is 1280. The molecule has 0 unspecified atom stereocenters. The number of hydrogen-bond acceptors (Lipinski definition) is 6. The molecule has 1 amide bonds. The number of para-hydroxylation sites is 1. The highest BCUT2D eigenvalue weighted by Gasteiger charge is 2.23. The second-order valence-electron chi connectivity index (χ2n) is 6.75. The van der Waals surface area contributed by atoms with E-state index in [0.717, 1.165) is 6.07 Å². The van der Waals surface area contributed by atoms with E-state index in [0.29, 0.717) is 11.4 Å². The number of rotatable bonds is 7. The van der Waals surface area contributed by atoms with Gasteiger partial charge in [0.2, 0.25) is 0 Å². The van der Waals surface area contributed by atoms with E-state index in [-0.39, 0.29) is 27.8 Å². The first-order valence-corrected chi connectivity index (χ1v) is 11.6. The molecule has 3 rings (SSSR count). The van der Waals surface area contributed by atoms with Crippen molar-refractivity contribution in [3.05, 3.63) is 94.5 Å². The van der Waals surface area contributed by atoms with Crippen LogP contribution in [0.25, 0.3) is 0 Å². The Labute approximate surface area is 196 Å². The predicted molar refractivity (Wildman–Crippen MR) is 130 cm³/mol. The zero-order chi connectivity index (χ0) is 24.0. The van der Waals surface area contributed by atoms with Gasteiger partial charge in [0.05, 0.1) is 15.5 Å². The number of thiocarbonyl (C=S) groups is 1. The summed E-state index contributed by atoms with van der Waals surface area (Å²) < 4.78 is 27.4. The van der Waals surface area contributed by atoms with E-state index in [4.69, 9.17) is 12.2 Å². The number of non-ortho nitro benzene ring substituents is 1. The van der Waals surface area contributed by atoms with Crippen molar-refractivity contribution in [1.82, 2.24) is 5.32 Å². The number of benzene rings is 3. The van der Waals surface area contributed by atoms with Crippen molar-refractivity contribution in [3.8, 4) is 0 Å². The van der Waals surface area contributed by atoms with Crippen LogP contribution in [0.3, 0.4) is 0 Å². The summed E-state index contributed by atoms with van der Waals surface area (Å²) in [5, 5.41) is 16.1. The Morgan fingerprint density at radius 1 is 1.03 bits per heavy atom. The van der Waals surface area contributed by atoms with Gasteiger partial charge in [0.1, 0.15) is 0 Å². The zero-order valence-electron chi connectivity index (χ0n) is 17.5. The van der Waals surface area contributed by atoms with Gasteiger partial charge >= 0.3 is 0 Å². The van der Waals surface area contributed by atoms with Gasteiger partial charge < -0.3 is 5.32 Å². The van der Waals surface area contributed by atoms with Crippen molar-refractivity contribution in [2.45, 2.75) is 11.8 Å². The van der Waals surface area contributed by atoms with Crippen LogP contribution in [0.2, 0.25) is 0 Å². The number of anilines is 2. The second kappa shape index (κ2) is 10.2. The Kier molecular flexibility index (Phi) is 7.36. The molecule has 0 fully saturated rings. The molecule has 0 radical (unpaired) electrons. The topological polar surface area (TPSA) is 122 Å². The summed E-state index contributed by atoms with van der Waals surface area (Å²) in [6.45, 7) is 2.02. The molecule has 170 valence electrons. The molecular formula is C22H20N4O5S2. The van der Waals surface area contributed by atoms with Gasteiger partial charge in [-0.1, -0.05) is 24.3 Å². The largest absolute Gasteiger partial charge is 0.332 e. The number of carbonyl (C=O) groups is 1. The van der Waals surface area contributed by atoms with Crippen molar-refractivity contribution in [1.29, 1.82) is 0 Å². The quantitative estimate of drug-likeness (QED) is 0.296. The van der Waals surface area contributed by atoms with Crippen LogP contribution in [0.4, 0.5) is 17.1 Å². The summed E-state index contributed by atoms with van der Waals surface area (Å²) in [6.07, 6.45) is 0. The number of nitro benzene ring substituents is 1. The fourth-order valence-electron chi connectivity index (χ4n) is 3.02. The van der Waals surface area contributed by atoms with Crippen LogP contribution >= 0.6 is 12.2 Å². The van der Waals surface area contributed by atoms with Crippen LogP contribution in [0.1, 0.15) is 17.3 Å². The first-order chi connectivity index (χ1) is 15.7. The van der Waals surface area contributed by atoms with Crippen molar-refractivity contribution in [2.24, 2.45) is 0 Å². The maximum Gasteiger partial charge on any atom is 0.270 e. The van der Waals surface area contributed by atoms with Gasteiger partial charge in [-0.3, -0.25) is 24.5 Å². The highest BCUT2D eigenvalue weighted by atomic mass is 32.2. The van der Waals surface area contributed by atoms with E-state index in [9.17, 15) is 23.3 Å². The molecule has 0 heterocycles. The monoisotopic (exact) mass is 484 g/mol. The molecule has 9 nitrogen and oxygen atoms in total. The summed E-state index contributed by atoms with van der Waals surface area (Å²) in [5.74, 6) is -0.614. The molecule has 2 N–H and O–H groups in total. The smallest absolute Gasteiger partial charge is 0.270 e. The minimum atomic E-state index is -3.77. The minimum absolute atomic E-state index is 0.0402. The molecule has 0 aliphatic heterocycles. The normalized spacial score (nSPS) is 10.8. The molecule has 0 atom stereocenters. The highest BCUT2D eigenvalue weighted by Crippen LogP contribution is 2.24. The SMILES string of the molecule is CCN(c1ccccc1)S(=O)(=O)c1ccc(NC(=S)NC(=O)c2cccc([N+](=O)[O-])c2)cc1. The van der Waals surface area contributed by atoms with Gasteiger partial charge in [0.25, 0.3) is 21.6 Å². The van der Waals surface area contributed by atoms with Crippen molar-refractivity contribution in [2.75, 3.05) is 16.2 Å². The summed E-state index contributed by atoms with van der Waals surface area (Å²) in [6, 6.07) is 20.0. The molecule has 0 spiro atoms. The predicted octanol–water partition coefficient (Wildman–Crippen LogP) is 3.94. The van der Waals surface area contributed by atoms with Gasteiger partial charge in [-0.25, -0.2) is 8.42 Å². The number of carbonyl (C=O) groups excluding carboxylic acids is 1. The summed E-state index contributed by atoms with van der Waals surface area (Å²) in [4.78, 5) is 22.7. The van der Waals surface area contributed by atoms with Crippen LogP contribution < -0.4 is 14.9 Å². The lowest BCUT2D eigenvalue weighted by atomic mass is 10.2. The first-order valence-electron chi connectivity index (χ1n) is 9.77. The highest BCUT2D eigenvalue weighted by molar-refractivity contribution is 7.92. The van der Waals surface area contributed by atoms with E-state index in [2.05, 4.69) is 10.6 Å². The van der Waals surface area contributed by atoms with Crippen LogP contribution in [0.5, 0.6) is 0 Å². The summed E-state index contributed by atoms with van der Waals surface area (Å²) in [5.41, 5.74) is 0.888. The summed E-state index contributed by atoms with van der Waals surface area (Å²) in [7, 11) is -3.77. The van der Waals surface area contributed by atoms with Crippen LogP contribution in [0, 0.1) is 10.1 Å². The number of hydrogen-bond donors (Lipinski definition) is 2. The Morgan fingerprint density at radius 2 is 1.70 bits per heavy atom. The van der Waals surface area contributed by atoms with Crippen LogP contribution in [0.15, 0.2) is 83.8 Å². The third kappa shape index (κ3) is 5.70. The molecule has 0 aromatic heterocycles. The molecule has 11 heteroatoms. The number of amides is 1. The maximum atomic E-state index is 13.0. The molecule has 3 aromatic carbocycles. The molecular weight excluding hydrogens is 464 g/mol. The van der Waals surface area contributed by atoms with Gasteiger partial charge in [-0.05, 0) is 61.6 Å². The van der Waals surface area contributed by atoms with Gasteiger partial charge in [0.15, 0.2) is 5.11 Å². The first kappa shape index (κ1) is 23.8. The van der Waals surface area contributed by atoms with Crippen LogP contribution in [-0.2, 0) is 10.0 Å². The lowest BCUT2D eigenvalue weighted by molar-refractivity contribution is -0.384. The Balaban J connectivity index is 1.69. The molecule has 3 aromatic rings.